The van der Waals surface area contributed by atoms with Crippen LogP contribution >= 0.6 is 0 Å². The molecule has 174 valence electrons. The summed E-state index contributed by atoms with van der Waals surface area (Å²) in [6.07, 6.45) is 4.54. The van der Waals surface area contributed by atoms with Crippen molar-refractivity contribution < 1.29 is 18.4 Å². The van der Waals surface area contributed by atoms with E-state index in [2.05, 4.69) is 10.1 Å². The molecule has 6 nitrogen and oxygen atoms in total. The maximum atomic E-state index is 14.0. The van der Waals surface area contributed by atoms with Crippen molar-refractivity contribution in [3.63, 3.8) is 0 Å². The summed E-state index contributed by atoms with van der Waals surface area (Å²) in [5.74, 6) is 1.14. The Balaban J connectivity index is 1.34. The lowest BCUT2D eigenvalue weighted by Crippen LogP contribution is -2.44. The topological polar surface area (TPSA) is 58.8 Å². The van der Waals surface area contributed by atoms with Gasteiger partial charge in [-0.15, -0.1) is 0 Å². The number of aryl methyl sites for hydroxylation is 2. The number of aromatic nitrogens is 1. The van der Waals surface area contributed by atoms with Crippen molar-refractivity contribution in [2.24, 2.45) is 5.92 Å². The molecule has 2 fully saturated rings. The van der Waals surface area contributed by atoms with Gasteiger partial charge in [-0.1, -0.05) is 23.4 Å². The molecule has 2 aliphatic heterocycles. The summed E-state index contributed by atoms with van der Waals surface area (Å²) in [6, 6.07) is 7.00. The second kappa shape index (κ2) is 10.6. The molecule has 0 saturated carbocycles. The minimum absolute atomic E-state index is 0.115. The standard InChI is InChI=1S/C25H34FN3O3/c1-18-23(19(2)32-27-18)14-25(30)29(17-22-7-5-13-31-22)15-20-9-11-28(12-10-20)16-21-6-3-4-8-24(21)26/h3-4,6,8,20,22H,5,7,9-17H2,1-2H3/t22-/m1/s1. The highest BCUT2D eigenvalue weighted by Gasteiger charge is 2.28. The second-order valence-corrected chi connectivity index (χ2v) is 9.22. The van der Waals surface area contributed by atoms with Crippen molar-refractivity contribution in [3.8, 4) is 0 Å². The Labute approximate surface area is 189 Å². The number of rotatable bonds is 8. The highest BCUT2D eigenvalue weighted by atomic mass is 19.1. The predicted molar refractivity (Wildman–Crippen MR) is 120 cm³/mol. The van der Waals surface area contributed by atoms with Crippen LogP contribution < -0.4 is 0 Å². The van der Waals surface area contributed by atoms with Crippen molar-refractivity contribution in [2.45, 2.75) is 58.6 Å². The fourth-order valence-electron chi connectivity index (χ4n) is 4.84. The first-order valence-electron chi connectivity index (χ1n) is 11.8. The van der Waals surface area contributed by atoms with E-state index in [-0.39, 0.29) is 17.8 Å². The van der Waals surface area contributed by atoms with Gasteiger partial charge in [0.25, 0.3) is 0 Å². The minimum Gasteiger partial charge on any atom is -0.376 e. The van der Waals surface area contributed by atoms with Gasteiger partial charge in [-0.3, -0.25) is 9.69 Å². The average molecular weight is 444 g/mol. The van der Waals surface area contributed by atoms with Gasteiger partial charge >= 0.3 is 0 Å². The van der Waals surface area contributed by atoms with E-state index in [0.29, 0.717) is 25.4 Å². The minimum atomic E-state index is -0.137. The zero-order valence-corrected chi connectivity index (χ0v) is 19.2. The molecular weight excluding hydrogens is 409 g/mol. The maximum absolute atomic E-state index is 14.0. The van der Waals surface area contributed by atoms with E-state index in [1.54, 1.807) is 6.07 Å². The molecule has 4 rings (SSSR count). The highest BCUT2D eigenvalue weighted by Crippen LogP contribution is 2.23. The van der Waals surface area contributed by atoms with Gasteiger partial charge in [-0.05, 0) is 64.6 Å². The van der Waals surface area contributed by atoms with Crippen molar-refractivity contribution >= 4 is 5.91 Å². The van der Waals surface area contributed by atoms with Gasteiger partial charge in [0, 0.05) is 37.4 Å². The molecule has 0 N–H and O–H groups in total. The van der Waals surface area contributed by atoms with Crippen LogP contribution in [-0.2, 0) is 22.5 Å². The normalized spacial score (nSPS) is 20.0. The number of hydrogen-bond acceptors (Lipinski definition) is 5. The van der Waals surface area contributed by atoms with E-state index in [1.165, 1.54) is 6.07 Å². The Morgan fingerprint density at radius 2 is 1.97 bits per heavy atom. The quantitative estimate of drug-likeness (QED) is 0.620. The molecule has 7 heteroatoms. The molecule has 0 aliphatic carbocycles. The van der Waals surface area contributed by atoms with Gasteiger partial charge in [0.15, 0.2) is 0 Å². The van der Waals surface area contributed by atoms with E-state index in [0.717, 1.165) is 74.5 Å². The van der Waals surface area contributed by atoms with Gasteiger partial charge in [0.1, 0.15) is 11.6 Å². The Bertz CT molecular complexity index is 882. The van der Waals surface area contributed by atoms with E-state index in [4.69, 9.17) is 9.26 Å². The van der Waals surface area contributed by atoms with Gasteiger partial charge in [0.2, 0.25) is 5.91 Å². The zero-order chi connectivity index (χ0) is 22.5. The summed E-state index contributed by atoms with van der Waals surface area (Å²) in [6.45, 7) is 8.41. The number of halogens is 1. The number of piperidine rings is 1. The molecular formula is C25H34FN3O3. The Morgan fingerprint density at radius 1 is 1.19 bits per heavy atom. The van der Waals surface area contributed by atoms with E-state index in [9.17, 15) is 9.18 Å². The predicted octanol–water partition coefficient (Wildman–Crippen LogP) is 3.89. The molecule has 0 spiro atoms. The van der Waals surface area contributed by atoms with Crippen LogP contribution in [0.4, 0.5) is 4.39 Å². The van der Waals surface area contributed by atoms with Crippen LogP contribution in [-0.4, -0.2) is 59.8 Å². The molecule has 0 radical (unpaired) electrons. The number of amides is 1. The van der Waals surface area contributed by atoms with Crippen LogP contribution in [0, 0.1) is 25.6 Å². The summed E-state index contributed by atoms with van der Waals surface area (Å²) >= 11 is 0. The van der Waals surface area contributed by atoms with Gasteiger partial charge in [0.05, 0.1) is 18.2 Å². The van der Waals surface area contributed by atoms with E-state index < -0.39 is 0 Å². The third-order valence-corrected chi connectivity index (χ3v) is 6.85. The Hall–Kier alpha value is -2.25. The number of ether oxygens (including phenoxy) is 1. The Kier molecular flexibility index (Phi) is 7.58. The van der Waals surface area contributed by atoms with Crippen LogP contribution in [0.15, 0.2) is 28.8 Å². The van der Waals surface area contributed by atoms with Crippen LogP contribution in [0.5, 0.6) is 0 Å². The lowest BCUT2D eigenvalue weighted by Gasteiger charge is -2.35. The average Bonchev–Trinajstić information content (AvgIpc) is 3.41. The first kappa shape index (κ1) is 22.9. The van der Waals surface area contributed by atoms with Crippen molar-refractivity contribution in [1.29, 1.82) is 0 Å². The van der Waals surface area contributed by atoms with Gasteiger partial charge < -0.3 is 14.2 Å². The number of benzene rings is 1. The van der Waals surface area contributed by atoms with E-state index in [1.807, 2.05) is 30.9 Å². The van der Waals surface area contributed by atoms with Gasteiger partial charge in [-0.2, -0.15) is 0 Å². The molecule has 2 aliphatic rings. The largest absolute Gasteiger partial charge is 0.376 e. The van der Waals surface area contributed by atoms with Gasteiger partial charge in [-0.25, -0.2) is 4.39 Å². The molecule has 1 atom stereocenters. The molecule has 1 aromatic carbocycles. The van der Waals surface area contributed by atoms with Crippen molar-refractivity contribution in [3.05, 3.63) is 52.7 Å². The smallest absolute Gasteiger partial charge is 0.227 e. The molecule has 2 saturated heterocycles. The third-order valence-electron chi connectivity index (χ3n) is 6.85. The van der Waals surface area contributed by atoms with Crippen LogP contribution in [0.1, 0.15) is 48.3 Å². The second-order valence-electron chi connectivity index (χ2n) is 9.22. The van der Waals surface area contributed by atoms with E-state index >= 15 is 0 Å². The zero-order valence-electron chi connectivity index (χ0n) is 19.2. The number of likely N-dealkylation sites (tertiary alicyclic amines) is 1. The molecule has 0 bridgehead atoms. The number of carbonyl (C=O) groups excluding carboxylic acids is 1. The maximum Gasteiger partial charge on any atom is 0.227 e. The van der Waals surface area contributed by atoms with Crippen LogP contribution in [0.2, 0.25) is 0 Å². The summed E-state index contributed by atoms with van der Waals surface area (Å²) in [5, 5.41) is 3.99. The molecule has 2 aromatic rings. The summed E-state index contributed by atoms with van der Waals surface area (Å²) in [7, 11) is 0. The molecule has 3 heterocycles. The molecule has 1 aromatic heterocycles. The first-order valence-corrected chi connectivity index (χ1v) is 11.8. The summed E-state index contributed by atoms with van der Waals surface area (Å²) in [4.78, 5) is 17.6. The Morgan fingerprint density at radius 3 is 2.62 bits per heavy atom. The lowest BCUT2D eigenvalue weighted by molar-refractivity contribution is -0.133. The number of nitrogens with zero attached hydrogens (tertiary/aromatic N) is 3. The fourth-order valence-corrected chi connectivity index (χ4v) is 4.84. The first-order chi connectivity index (χ1) is 15.5. The number of carbonyl (C=O) groups is 1. The fraction of sp³-hybridized carbons (Fsp3) is 0.600. The van der Waals surface area contributed by atoms with Crippen LogP contribution in [0.25, 0.3) is 0 Å². The summed E-state index contributed by atoms with van der Waals surface area (Å²) in [5.41, 5.74) is 2.43. The molecule has 0 unspecified atom stereocenters. The molecule has 1 amide bonds. The monoisotopic (exact) mass is 443 g/mol. The lowest BCUT2D eigenvalue weighted by atomic mass is 9.95. The highest BCUT2D eigenvalue weighted by molar-refractivity contribution is 5.79. The number of hydrogen-bond donors (Lipinski definition) is 0. The molecule has 32 heavy (non-hydrogen) atoms. The van der Waals surface area contributed by atoms with Crippen molar-refractivity contribution in [1.82, 2.24) is 15.0 Å². The summed E-state index contributed by atoms with van der Waals surface area (Å²) < 4.78 is 25.1. The third kappa shape index (κ3) is 5.75. The van der Waals surface area contributed by atoms with Crippen LogP contribution in [0.3, 0.4) is 0 Å². The SMILES string of the molecule is Cc1noc(C)c1CC(=O)N(CC1CCN(Cc2ccccc2F)CC1)C[C@H]1CCCO1. The van der Waals surface area contributed by atoms with Crippen molar-refractivity contribution in [2.75, 3.05) is 32.8 Å².